The number of hydrogen-bond donors (Lipinski definition) is 1. The summed E-state index contributed by atoms with van der Waals surface area (Å²) in [5.74, 6) is -0.726. The number of pyridine rings is 1. The predicted molar refractivity (Wildman–Crippen MR) is 147 cm³/mol. The Morgan fingerprint density at radius 1 is 1.10 bits per heavy atom. The molecule has 0 bridgehead atoms. The lowest BCUT2D eigenvalue weighted by Gasteiger charge is -2.33. The molecule has 3 aromatic heterocycles. The summed E-state index contributed by atoms with van der Waals surface area (Å²) in [7, 11) is 0. The molecule has 5 heterocycles. The van der Waals surface area contributed by atoms with Gasteiger partial charge in [-0.1, -0.05) is 0 Å². The number of rotatable bonds is 4. The van der Waals surface area contributed by atoms with E-state index in [1.807, 2.05) is 37.7 Å². The van der Waals surface area contributed by atoms with Crippen molar-refractivity contribution in [3.63, 3.8) is 0 Å². The number of piperidine rings is 1. The largest absolute Gasteiger partial charge is 0.444 e. The van der Waals surface area contributed by atoms with E-state index in [9.17, 15) is 18.0 Å². The molecule has 0 spiro atoms. The molecule has 216 valence electrons. The summed E-state index contributed by atoms with van der Waals surface area (Å²) in [6.07, 6.45) is 5.44. The molecule has 6 rings (SSSR count). The van der Waals surface area contributed by atoms with Crippen molar-refractivity contribution < 1.29 is 22.7 Å². The average molecular weight is 568 g/mol. The predicted octanol–water partition coefficient (Wildman–Crippen LogP) is 5.96. The molecule has 2 atom stereocenters. The standard InChI is InChI=1S/C29H32F3N7O2/c1-29(2,3)41-28(40)37-8-6-21(7-9-37)39-15-18(14-34-39)17-10-23-26(33-13-17)35-36-27(23)38-16-20(31)12-25(38)22-11-19(30)4-5-24(22)32/h4-5,10-11,13-15,20-21,25H,6-9,12,16H2,1-3H3,(H,33,35,36)/t20-,25+/m0/s1. The van der Waals surface area contributed by atoms with E-state index in [1.54, 1.807) is 22.2 Å². The highest BCUT2D eigenvalue weighted by atomic mass is 19.1. The van der Waals surface area contributed by atoms with Gasteiger partial charge in [0.2, 0.25) is 0 Å². The highest BCUT2D eigenvalue weighted by Gasteiger charge is 2.37. The van der Waals surface area contributed by atoms with Gasteiger partial charge in [-0.2, -0.15) is 10.2 Å². The summed E-state index contributed by atoms with van der Waals surface area (Å²) in [4.78, 5) is 20.3. The van der Waals surface area contributed by atoms with E-state index < -0.39 is 29.4 Å². The lowest BCUT2D eigenvalue weighted by atomic mass is 10.0. The Balaban J connectivity index is 1.22. The monoisotopic (exact) mass is 567 g/mol. The van der Waals surface area contributed by atoms with E-state index in [1.165, 1.54) is 0 Å². The van der Waals surface area contributed by atoms with Gasteiger partial charge >= 0.3 is 6.09 Å². The number of amides is 1. The van der Waals surface area contributed by atoms with E-state index in [0.717, 1.165) is 42.2 Å². The van der Waals surface area contributed by atoms with Gasteiger partial charge in [0.1, 0.15) is 23.4 Å². The van der Waals surface area contributed by atoms with Crippen LogP contribution in [-0.2, 0) is 4.74 Å². The summed E-state index contributed by atoms with van der Waals surface area (Å²) in [6, 6.07) is 4.57. The van der Waals surface area contributed by atoms with Crippen LogP contribution in [0.1, 0.15) is 57.7 Å². The summed E-state index contributed by atoms with van der Waals surface area (Å²) in [5.41, 5.74) is 1.71. The topological polar surface area (TPSA) is 92.2 Å². The van der Waals surface area contributed by atoms with Gasteiger partial charge in [-0.15, -0.1) is 0 Å². The van der Waals surface area contributed by atoms with Crippen LogP contribution >= 0.6 is 0 Å². The number of ether oxygens (including phenoxy) is 1. The summed E-state index contributed by atoms with van der Waals surface area (Å²) < 4.78 is 50.7. The maximum atomic E-state index is 14.7. The number of aromatic nitrogens is 5. The number of nitrogens with one attached hydrogen (secondary N) is 1. The van der Waals surface area contributed by atoms with Gasteiger partial charge in [0.15, 0.2) is 11.5 Å². The molecule has 9 nitrogen and oxygen atoms in total. The molecule has 0 aliphatic carbocycles. The summed E-state index contributed by atoms with van der Waals surface area (Å²) in [5, 5.41) is 12.5. The van der Waals surface area contributed by atoms with Gasteiger partial charge < -0.3 is 14.5 Å². The Labute approximate surface area is 235 Å². The maximum absolute atomic E-state index is 14.7. The zero-order chi connectivity index (χ0) is 28.9. The highest BCUT2D eigenvalue weighted by Crippen LogP contribution is 2.41. The number of alkyl halides is 1. The van der Waals surface area contributed by atoms with Crippen LogP contribution in [0.4, 0.5) is 23.8 Å². The third kappa shape index (κ3) is 5.47. The van der Waals surface area contributed by atoms with Crippen LogP contribution in [0.5, 0.6) is 0 Å². The van der Waals surface area contributed by atoms with Crippen molar-refractivity contribution in [1.29, 1.82) is 0 Å². The van der Waals surface area contributed by atoms with E-state index in [4.69, 9.17) is 4.74 Å². The minimum absolute atomic E-state index is 0.00469. The quantitative estimate of drug-likeness (QED) is 0.327. The average Bonchev–Trinajstić information content (AvgIpc) is 3.67. The molecule has 1 aromatic carbocycles. The number of anilines is 1. The van der Waals surface area contributed by atoms with Crippen molar-refractivity contribution in [2.24, 2.45) is 0 Å². The fourth-order valence-corrected chi connectivity index (χ4v) is 5.68. The van der Waals surface area contributed by atoms with Crippen molar-refractivity contribution in [1.82, 2.24) is 29.9 Å². The SMILES string of the molecule is CC(C)(C)OC(=O)N1CCC(n2cc(-c3cnc4[nH]nc(N5C[C@@H](F)C[C@@H]5c5cc(F)ccc5F)c4c3)cn2)CC1. The van der Waals surface area contributed by atoms with Crippen LogP contribution in [0.3, 0.4) is 0 Å². The number of nitrogens with zero attached hydrogens (tertiary/aromatic N) is 6. The number of likely N-dealkylation sites (tertiary alicyclic amines) is 1. The second-order valence-corrected chi connectivity index (χ2v) is 11.7. The molecule has 4 aromatic rings. The van der Waals surface area contributed by atoms with Gasteiger partial charge in [0.25, 0.3) is 0 Å². The molecule has 1 N–H and O–H groups in total. The zero-order valence-corrected chi connectivity index (χ0v) is 23.1. The van der Waals surface area contributed by atoms with Crippen LogP contribution in [-0.4, -0.2) is 67.4 Å². The molecule has 2 aliphatic rings. The smallest absolute Gasteiger partial charge is 0.410 e. The van der Waals surface area contributed by atoms with Gasteiger partial charge in [0.05, 0.1) is 30.2 Å². The van der Waals surface area contributed by atoms with Gasteiger partial charge in [-0.05, 0) is 57.9 Å². The lowest BCUT2D eigenvalue weighted by Crippen LogP contribution is -2.42. The van der Waals surface area contributed by atoms with E-state index in [0.29, 0.717) is 29.9 Å². The first-order valence-corrected chi connectivity index (χ1v) is 13.8. The van der Waals surface area contributed by atoms with E-state index >= 15 is 0 Å². The van der Waals surface area contributed by atoms with Gasteiger partial charge in [0, 0.05) is 48.6 Å². The van der Waals surface area contributed by atoms with Crippen LogP contribution < -0.4 is 4.90 Å². The molecule has 0 radical (unpaired) electrons. The third-order valence-corrected chi connectivity index (χ3v) is 7.66. The van der Waals surface area contributed by atoms with E-state index in [2.05, 4.69) is 20.3 Å². The molecule has 1 amide bonds. The maximum Gasteiger partial charge on any atom is 0.410 e. The molecular formula is C29H32F3N7O2. The Morgan fingerprint density at radius 3 is 2.63 bits per heavy atom. The van der Waals surface area contributed by atoms with Gasteiger partial charge in [-0.3, -0.25) is 9.78 Å². The number of fused-ring (bicyclic) bond motifs is 1. The van der Waals surface area contributed by atoms with Gasteiger partial charge in [-0.25, -0.2) is 22.9 Å². The Bertz CT molecular complexity index is 1570. The molecule has 12 heteroatoms. The minimum atomic E-state index is -1.22. The molecule has 0 saturated carbocycles. The first kappa shape index (κ1) is 27.1. The number of H-pyrrole nitrogens is 1. The number of benzene rings is 1. The summed E-state index contributed by atoms with van der Waals surface area (Å²) in [6.45, 7) is 6.73. The molecule has 41 heavy (non-hydrogen) atoms. The first-order chi connectivity index (χ1) is 19.6. The summed E-state index contributed by atoms with van der Waals surface area (Å²) >= 11 is 0. The fourth-order valence-electron chi connectivity index (χ4n) is 5.68. The Hall–Kier alpha value is -4.09. The van der Waals surface area contributed by atoms with Crippen molar-refractivity contribution in [3.05, 3.63) is 60.1 Å². The number of carbonyl (C=O) groups is 1. The lowest BCUT2D eigenvalue weighted by molar-refractivity contribution is 0.0184. The molecule has 0 unspecified atom stereocenters. The first-order valence-electron chi connectivity index (χ1n) is 13.8. The highest BCUT2D eigenvalue weighted by molar-refractivity contribution is 5.91. The fraction of sp³-hybridized carbons (Fsp3) is 0.448. The number of hydrogen-bond acceptors (Lipinski definition) is 6. The number of carbonyl (C=O) groups excluding carboxylic acids is 1. The van der Waals surface area contributed by atoms with Crippen LogP contribution in [0.15, 0.2) is 42.9 Å². The van der Waals surface area contributed by atoms with Crippen molar-refractivity contribution in [2.75, 3.05) is 24.5 Å². The second-order valence-electron chi connectivity index (χ2n) is 11.7. The van der Waals surface area contributed by atoms with Crippen LogP contribution in [0, 0.1) is 11.6 Å². The minimum Gasteiger partial charge on any atom is -0.444 e. The zero-order valence-electron chi connectivity index (χ0n) is 23.1. The Kier molecular flexibility index (Phi) is 6.87. The normalized spacial score (nSPS) is 20.2. The van der Waals surface area contributed by atoms with E-state index in [-0.39, 0.29) is 30.7 Å². The molecular weight excluding hydrogens is 535 g/mol. The molecule has 2 saturated heterocycles. The number of halogens is 3. The third-order valence-electron chi connectivity index (χ3n) is 7.66. The molecule has 2 aliphatic heterocycles. The van der Waals surface area contributed by atoms with Crippen LogP contribution in [0.25, 0.3) is 22.2 Å². The van der Waals surface area contributed by atoms with Crippen molar-refractivity contribution in [3.8, 4) is 11.1 Å². The van der Waals surface area contributed by atoms with Crippen molar-refractivity contribution >= 4 is 22.9 Å². The molecule has 2 fully saturated rings. The van der Waals surface area contributed by atoms with Crippen LogP contribution in [0.2, 0.25) is 0 Å². The Morgan fingerprint density at radius 2 is 1.88 bits per heavy atom. The second kappa shape index (κ2) is 10.4. The number of aromatic amines is 1. The van der Waals surface area contributed by atoms with Crippen molar-refractivity contribution in [2.45, 2.75) is 63.9 Å².